The number of nitrogens with zero attached hydrogens (tertiary/aromatic N) is 1. The molecule has 0 N–H and O–H groups in total. The van der Waals surface area contributed by atoms with Gasteiger partial charge in [0.2, 0.25) is 0 Å². The first kappa shape index (κ1) is 14.7. The molecule has 2 heteroatoms. The quantitative estimate of drug-likeness (QED) is 0.670. The average molecular weight is 247 g/mol. The highest BCUT2D eigenvalue weighted by atomic mass is 16.1. The number of anilines is 1. The smallest absolute Gasteiger partial charge is 0.159 e. The molecule has 0 aromatic heterocycles. The summed E-state index contributed by atoms with van der Waals surface area (Å²) < 4.78 is 0. The van der Waals surface area contributed by atoms with E-state index in [9.17, 15) is 4.79 Å². The summed E-state index contributed by atoms with van der Waals surface area (Å²) in [6, 6.07) is 8.54. The molecule has 0 bridgehead atoms. The topological polar surface area (TPSA) is 20.3 Å². The predicted octanol–water partition coefficient (Wildman–Crippen LogP) is 4.29. The first-order chi connectivity index (χ1) is 8.60. The Labute approximate surface area is 111 Å². The van der Waals surface area contributed by atoms with Crippen LogP contribution < -0.4 is 4.90 Å². The minimum Gasteiger partial charge on any atom is -0.369 e. The molecule has 0 radical (unpaired) electrons. The second-order valence-corrected chi connectivity index (χ2v) is 4.91. The van der Waals surface area contributed by atoms with Crippen molar-refractivity contribution in [2.24, 2.45) is 0 Å². The maximum Gasteiger partial charge on any atom is 0.159 e. The van der Waals surface area contributed by atoms with Crippen LogP contribution in [-0.4, -0.2) is 18.4 Å². The van der Waals surface area contributed by atoms with Crippen LogP contribution in [0.5, 0.6) is 0 Å². The lowest BCUT2D eigenvalue weighted by Gasteiger charge is -2.31. The third-order valence-corrected chi connectivity index (χ3v) is 3.48. The van der Waals surface area contributed by atoms with Gasteiger partial charge in [0, 0.05) is 23.8 Å². The number of hydrogen-bond donors (Lipinski definition) is 0. The van der Waals surface area contributed by atoms with Crippen molar-refractivity contribution in [3.8, 4) is 0 Å². The standard InChI is InChI=1S/C16H25NO/c1-5-7-12-17(13(3)6-2)16-10-8-15(9-11-16)14(4)18/h8-11,13H,5-7,12H2,1-4H3. The fourth-order valence-electron chi connectivity index (χ4n) is 2.04. The summed E-state index contributed by atoms with van der Waals surface area (Å²) in [5, 5.41) is 0. The number of unbranched alkanes of at least 4 members (excludes halogenated alkanes) is 1. The van der Waals surface area contributed by atoms with Gasteiger partial charge in [-0.05, 0) is 51.0 Å². The molecule has 1 aromatic carbocycles. The van der Waals surface area contributed by atoms with Crippen LogP contribution in [0.3, 0.4) is 0 Å². The normalized spacial score (nSPS) is 12.2. The first-order valence-electron chi connectivity index (χ1n) is 6.97. The van der Waals surface area contributed by atoms with Crippen LogP contribution in [0.1, 0.15) is 57.3 Å². The molecule has 1 atom stereocenters. The Kier molecular flexibility index (Phi) is 5.90. The highest BCUT2D eigenvalue weighted by Crippen LogP contribution is 2.20. The molecule has 0 aliphatic heterocycles. The molecular formula is C16H25NO. The van der Waals surface area contributed by atoms with Crippen molar-refractivity contribution in [3.63, 3.8) is 0 Å². The van der Waals surface area contributed by atoms with Crippen molar-refractivity contribution in [2.75, 3.05) is 11.4 Å². The maximum atomic E-state index is 11.3. The van der Waals surface area contributed by atoms with E-state index in [-0.39, 0.29) is 5.78 Å². The van der Waals surface area contributed by atoms with Gasteiger partial charge in [0.15, 0.2) is 5.78 Å². The lowest BCUT2D eigenvalue weighted by molar-refractivity contribution is 0.101. The van der Waals surface area contributed by atoms with Crippen molar-refractivity contribution in [2.45, 2.75) is 53.0 Å². The summed E-state index contributed by atoms with van der Waals surface area (Å²) in [4.78, 5) is 13.7. The summed E-state index contributed by atoms with van der Waals surface area (Å²) in [6.45, 7) is 9.39. The first-order valence-corrected chi connectivity index (χ1v) is 6.97. The van der Waals surface area contributed by atoms with Gasteiger partial charge in [-0.3, -0.25) is 4.79 Å². The largest absolute Gasteiger partial charge is 0.369 e. The molecule has 0 fully saturated rings. The maximum absolute atomic E-state index is 11.3. The highest BCUT2D eigenvalue weighted by Gasteiger charge is 2.12. The van der Waals surface area contributed by atoms with Gasteiger partial charge in [-0.15, -0.1) is 0 Å². The van der Waals surface area contributed by atoms with Crippen LogP contribution in [0.15, 0.2) is 24.3 Å². The van der Waals surface area contributed by atoms with Gasteiger partial charge in [-0.25, -0.2) is 0 Å². The summed E-state index contributed by atoms with van der Waals surface area (Å²) in [5.74, 6) is 0.130. The molecule has 0 amide bonds. The summed E-state index contributed by atoms with van der Waals surface area (Å²) >= 11 is 0. The van der Waals surface area contributed by atoms with E-state index in [1.807, 2.05) is 12.1 Å². The number of carbonyl (C=O) groups is 1. The van der Waals surface area contributed by atoms with Gasteiger partial charge in [-0.2, -0.15) is 0 Å². The zero-order chi connectivity index (χ0) is 13.5. The lowest BCUT2D eigenvalue weighted by Crippen LogP contribution is -2.33. The van der Waals surface area contributed by atoms with Gasteiger partial charge >= 0.3 is 0 Å². The zero-order valence-corrected chi connectivity index (χ0v) is 12.1. The van der Waals surface area contributed by atoms with Crippen LogP contribution in [0, 0.1) is 0 Å². The molecule has 18 heavy (non-hydrogen) atoms. The molecule has 0 spiro atoms. The second kappa shape index (κ2) is 7.20. The van der Waals surface area contributed by atoms with Crippen LogP contribution in [-0.2, 0) is 0 Å². The van der Waals surface area contributed by atoms with Crippen LogP contribution in [0.25, 0.3) is 0 Å². The van der Waals surface area contributed by atoms with Gasteiger partial charge in [-0.1, -0.05) is 20.3 Å². The molecule has 0 saturated heterocycles. The van der Waals surface area contributed by atoms with E-state index in [1.54, 1.807) is 6.92 Å². The van der Waals surface area contributed by atoms with E-state index in [1.165, 1.54) is 18.5 Å². The molecular weight excluding hydrogens is 222 g/mol. The van der Waals surface area contributed by atoms with E-state index in [0.717, 1.165) is 18.5 Å². The monoisotopic (exact) mass is 247 g/mol. The van der Waals surface area contributed by atoms with E-state index >= 15 is 0 Å². The molecule has 2 nitrogen and oxygen atoms in total. The Bertz CT molecular complexity index is 369. The molecule has 0 aliphatic carbocycles. The van der Waals surface area contributed by atoms with E-state index in [4.69, 9.17) is 0 Å². The second-order valence-electron chi connectivity index (χ2n) is 4.91. The highest BCUT2D eigenvalue weighted by molar-refractivity contribution is 5.94. The number of ketones is 1. The zero-order valence-electron chi connectivity index (χ0n) is 12.1. The molecule has 1 aromatic rings. The minimum atomic E-state index is 0.130. The number of hydrogen-bond acceptors (Lipinski definition) is 2. The third-order valence-electron chi connectivity index (χ3n) is 3.48. The van der Waals surface area contributed by atoms with Gasteiger partial charge in [0.1, 0.15) is 0 Å². The average Bonchev–Trinajstić information content (AvgIpc) is 2.39. The summed E-state index contributed by atoms with van der Waals surface area (Å²) in [5.41, 5.74) is 2.01. The van der Waals surface area contributed by atoms with Crippen molar-refractivity contribution < 1.29 is 4.79 Å². The molecule has 0 aliphatic rings. The van der Waals surface area contributed by atoms with E-state index < -0.39 is 0 Å². The lowest BCUT2D eigenvalue weighted by atomic mass is 10.1. The Morgan fingerprint density at radius 1 is 1.22 bits per heavy atom. The molecule has 1 rings (SSSR count). The SMILES string of the molecule is CCCCN(c1ccc(C(C)=O)cc1)C(C)CC. The van der Waals surface area contributed by atoms with Crippen molar-refractivity contribution in [1.29, 1.82) is 0 Å². The van der Waals surface area contributed by atoms with Crippen molar-refractivity contribution >= 4 is 11.5 Å². The van der Waals surface area contributed by atoms with Gasteiger partial charge in [0.05, 0.1) is 0 Å². The van der Waals surface area contributed by atoms with Crippen LogP contribution in [0.4, 0.5) is 5.69 Å². The Morgan fingerprint density at radius 2 is 1.83 bits per heavy atom. The molecule has 0 saturated carbocycles. The molecule has 1 unspecified atom stereocenters. The fourth-order valence-corrected chi connectivity index (χ4v) is 2.04. The number of benzene rings is 1. The fraction of sp³-hybridized carbons (Fsp3) is 0.562. The Hall–Kier alpha value is -1.31. The minimum absolute atomic E-state index is 0.130. The van der Waals surface area contributed by atoms with Crippen LogP contribution >= 0.6 is 0 Å². The van der Waals surface area contributed by atoms with E-state index in [0.29, 0.717) is 6.04 Å². The predicted molar refractivity (Wildman–Crippen MR) is 78.5 cm³/mol. The van der Waals surface area contributed by atoms with Gasteiger partial charge < -0.3 is 4.90 Å². The molecule has 0 heterocycles. The summed E-state index contributed by atoms with van der Waals surface area (Å²) in [6.07, 6.45) is 3.55. The number of rotatable bonds is 7. The van der Waals surface area contributed by atoms with Crippen LogP contribution in [0.2, 0.25) is 0 Å². The third kappa shape index (κ3) is 3.86. The number of Topliss-reactive ketones (excluding diaryl/α,β-unsaturated/α-hetero) is 1. The summed E-state index contributed by atoms with van der Waals surface area (Å²) in [7, 11) is 0. The van der Waals surface area contributed by atoms with Crippen molar-refractivity contribution in [1.82, 2.24) is 0 Å². The molecule has 100 valence electrons. The number of carbonyl (C=O) groups excluding carboxylic acids is 1. The van der Waals surface area contributed by atoms with Gasteiger partial charge in [0.25, 0.3) is 0 Å². The Morgan fingerprint density at radius 3 is 2.28 bits per heavy atom. The van der Waals surface area contributed by atoms with Crippen molar-refractivity contribution in [3.05, 3.63) is 29.8 Å². The Balaban J connectivity index is 2.87. The van der Waals surface area contributed by atoms with E-state index in [2.05, 4.69) is 37.8 Å².